The number of rotatable bonds is 13. The summed E-state index contributed by atoms with van der Waals surface area (Å²) in [6.07, 6.45) is 3.47. The number of nitrogens with one attached hydrogen (secondary N) is 3. The fourth-order valence-corrected chi connectivity index (χ4v) is 3.40. The average Bonchev–Trinajstić information content (AvgIpc) is 2.91. The van der Waals surface area contributed by atoms with E-state index in [-0.39, 0.29) is 11.9 Å². The molecule has 1 fully saturated rings. The van der Waals surface area contributed by atoms with Crippen molar-refractivity contribution in [3.63, 3.8) is 0 Å². The third-order valence-corrected chi connectivity index (χ3v) is 5.60. The Hall–Kier alpha value is -1.83. The van der Waals surface area contributed by atoms with Crippen LogP contribution in [0.2, 0.25) is 0 Å². The minimum absolute atomic E-state index is 0.138. The minimum Gasteiger partial charge on any atom is -0.357 e. The quantitative estimate of drug-likeness (QED) is 0.187. The lowest BCUT2D eigenvalue weighted by atomic mass is 9.99. The van der Waals surface area contributed by atoms with E-state index in [0.717, 1.165) is 45.0 Å². The standard InChI is InChI=1S/C21H42N6O2/c1-7-21(6)18(28)27(20(29)25-21)16-12-14-23-19(22-8-2)24-17(5)13-11-15-26(9-3)10-4/h17H,7-16H2,1-6H3,(H,25,29)(H2,22,23,24). The Morgan fingerprint density at radius 3 is 2.45 bits per heavy atom. The summed E-state index contributed by atoms with van der Waals surface area (Å²) in [5, 5.41) is 9.51. The Labute approximate surface area is 176 Å². The molecular formula is C21H42N6O2. The summed E-state index contributed by atoms with van der Waals surface area (Å²) < 4.78 is 0. The highest BCUT2D eigenvalue weighted by molar-refractivity contribution is 6.06. The molecule has 2 unspecified atom stereocenters. The summed E-state index contributed by atoms with van der Waals surface area (Å²) in [5.41, 5.74) is -0.766. The van der Waals surface area contributed by atoms with Gasteiger partial charge in [0.1, 0.15) is 5.54 Å². The lowest BCUT2D eigenvalue weighted by molar-refractivity contribution is -0.130. The van der Waals surface area contributed by atoms with E-state index >= 15 is 0 Å². The Morgan fingerprint density at radius 2 is 1.90 bits per heavy atom. The van der Waals surface area contributed by atoms with Gasteiger partial charge in [-0.3, -0.25) is 14.7 Å². The zero-order valence-electron chi connectivity index (χ0n) is 19.3. The topological polar surface area (TPSA) is 89.1 Å². The van der Waals surface area contributed by atoms with Crippen molar-refractivity contribution in [2.45, 2.75) is 78.8 Å². The van der Waals surface area contributed by atoms with Crippen molar-refractivity contribution >= 4 is 17.9 Å². The predicted molar refractivity (Wildman–Crippen MR) is 119 cm³/mol. The van der Waals surface area contributed by atoms with E-state index in [0.29, 0.717) is 32.0 Å². The second-order valence-electron chi connectivity index (χ2n) is 7.90. The van der Waals surface area contributed by atoms with Crippen molar-refractivity contribution in [1.29, 1.82) is 0 Å². The molecule has 0 aromatic carbocycles. The molecule has 1 heterocycles. The van der Waals surface area contributed by atoms with Crippen molar-refractivity contribution < 1.29 is 9.59 Å². The first kappa shape index (κ1) is 25.2. The zero-order valence-corrected chi connectivity index (χ0v) is 19.3. The molecule has 8 heteroatoms. The Bertz CT molecular complexity index is 549. The largest absolute Gasteiger partial charge is 0.357 e. The molecule has 0 spiro atoms. The van der Waals surface area contributed by atoms with Crippen LogP contribution in [0.25, 0.3) is 0 Å². The van der Waals surface area contributed by atoms with Gasteiger partial charge >= 0.3 is 6.03 Å². The molecule has 168 valence electrons. The third kappa shape index (κ3) is 7.84. The van der Waals surface area contributed by atoms with Gasteiger partial charge in [0.05, 0.1) is 0 Å². The second kappa shape index (κ2) is 12.7. The number of guanidine groups is 1. The molecule has 0 radical (unpaired) electrons. The van der Waals surface area contributed by atoms with Crippen LogP contribution < -0.4 is 16.0 Å². The zero-order chi connectivity index (χ0) is 21.9. The van der Waals surface area contributed by atoms with Crippen LogP contribution in [0.15, 0.2) is 4.99 Å². The first-order chi connectivity index (χ1) is 13.8. The van der Waals surface area contributed by atoms with Gasteiger partial charge in [0.25, 0.3) is 5.91 Å². The Morgan fingerprint density at radius 1 is 1.21 bits per heavy atom. The maximum atomic E-state index is 12.4. The summed E-state index contributed by atoms with van der Waals surface area (Å²) in [6.45, 7) is 17.3. The van der Waals surface area contributed by atoms with Crippen LogP contribution in [0.5, 0.6) is 0 Å². The number of amides is 3. The van der Waals surface area contributed by atoms with E-state index in [1.54, 1.807) is 6.92 Å². The fourth-order valence-electron chi connectivity index (χ4n) is 3.40. The van der Waals surface area contributed by atoms with E-state index in [9.17, 15) is 9.59 Å². The molecule has 0 bridgehead atoms. The molecule has 1 saturated heterocycles. The molecule has 0 aromatic rings. The predicted octanol–water partition coefficient (Wildman–Crippen LogP) is 2.16. The smallest absolute Gasteiger partial charge is 0.325 e. The van der Waals surface area contributed by atoms with Crippen molar-refractivity contribution in [2.75, 3.05) is 39.3 Å². The van der Waals surface area contributed by atoms with Crippen molar-refractivity contribution in [1.82, 2.24) is 25.8 Å². The van der Waals surface area contributed by atoms with Gasteiger partial charge in [-0.1, -0.05) is 20.8 Å². The van der Waals surface area contributed by atoms with E-state index in [1.807, 2.05) is 13.8 Å². The van der Waals surface area contributed by atoms with E-state index in [1.165, 1.54) is 4.90 Å². The minimum atomic E-state index is -0.766. The SMILES string of the molecule is CCNC(=NCCCN1C(=O)NC(C)(CC)C1=O)NC(C)CCCN(CC)CC. The Balaban J connectivity index is 2.43. The summed E-state index contributed by atoms with van der Waals surface area (Å²) in [5.74, 6) is 0.652. The molecule has 1 aliphatic heterocycles. The summed E-state index contributed by atoms with van der Waals surface area (Å²) >= 11 is 0. The maximum Gasteiger partial charge on any atom is 0.325 e. The molecule has 0 aliphatic carbocycles. The maximum absolute atomic E-state index is 12.4. The Kier molecular flexibility index (Phi) is 11.0. The number of carbonyl (C=O) groups is 2. The van der Waals surface area contributed by atoms with Crippen molar-refractivity contribution in [2.24, 2.45) is 4.99 Å². The lowest BCUT2D eigenvalue weighted by Gasteiger charge is -2.21. The van der Waals surface area contributed by atoms with Gasteiger partial charge in [-0.15, -0.1) is 0 Å². The van der Waals surface area contributed by atoms with Gasteiger partial charge in [0.2, 0.25) is 0 Å². The van der Waals surface area contributed by atoms with Gasteiger partial charge in [-0.25, -0.2) is 4.79 Å². The van der Waals surface area contributed by atoms with Gasteiger partial charge in [-0.05, 0) is 66.1 Å². The average molecular weight is 411 g/mol. The number of carbonyl (C=O) groups excluding carboxylic acids is 2. The van der Waals surface area contributed by atoms with Gasteiger partial charge in [0, 0.05) is 25.7 Å². The number of hydrogen-bond acceptors (Lipinski definition) is 4. The molecule has 8 nitrogen and oxygen atoms in total. The van der Waals surface area contributed by atoms with Gasteiger partial charge in [0.15, 0.2) is 5.96 Å². The van der Waals surface area contributed by atoms with E-state index < -0.39 is 5.54 Å². The van der Waals surface area contributed by atoms with Crippen molar-refractivity contribution in [3.05, 3.63) is 0 Å². The van der Waals surface area contributed by atoms with Crippen LogP contribution in [0.1, 0.15) is 67.2 Å². The monoisotopic (exact) mass is 410 g/mol. The van der Waals surface area contributed by atoms with Crippen molar-refractivity contribution in [3.8, 4) is 0 Å². The highest BCUT2D eigenvalue weighted by Gasteiger charge is 2.45. The molecule has 29 heavy (non-hydrogen) atoms. The lowest BCUT2D eigenvalue weighted by Crippen LogP contribution is -2.43. The van der Waals surface area contributed by atoms with E-state index in [4.69, 9.17) is 0 Å². The van der Waals surface area contributed by atoms with Crippen LogP contribution in [-0.4, -0.2) is 78.5 Å². The summed E-state index contributed by atoms with van der Waals surface area (Å²) in [6, 6.07) is 0.0368. The highest BCUT2D eigenvalue weighted by atomic mass is 16.2. The van der Waals surface area contributed by atoms with Crippen LogP contribution in [0.3, 0.4) is 0 Å². The van der Waals surface area contributed by atoms with Gasteiger partial charge in [-0.2, -0.15) is 0 Å². The summed E-state index contributed by atoms with van der Waals surface area (Å²) in [4.78, 5) is 32.8. The molecule has 2 atom stereocenters. The van der Waals surface area contributed by atoms with Crippen LogP contribution in [-0.2, 0) is 4.79 Å². The molecule has 1 rings (SSSR count). The highest BCUT2D eigenvalue weighted by Crippen LogP contribution is 2.20. The second-order valence-corrected chi connectivity index (χ2v) is 7.90. The normalized spacial score (nSPS) is 20.9. The van der Waals surface area contributed by atoms with Crippen LogP contribution >= 0.6 is 0 Å². The molecule has 3 N–H and O–H groups in total. The molecule has 0 saturated carbocycles. The molecule has 3 amide bonds. The first-order valence-electron chi connectivity index (χ1n) is 11.2. The van der Waals surface area contributed by atoms with Crippen LogP contribution in [0, 0.1) is 0 Å². The number of hydrogen-bond donors (Lipinski definition) is 3. The first-order valence-corrected chi connectivity index (χ1v) is 11.2. The van der Waals surface area contributed by atoms with Gasteiger partial charge < -0.3 is 20.9 Å². The number of urea groups is 1. The van der Waals surface area contributed by atoms with E-state index in [2.05, 4.69) is 46.6 Å². The molecule has 1 aliphatic rings. The third-order valence-electron chi connectivity index (χ3n) is 5.60. The molecular weight excluding hydrogens is 368 g/mol. The number of aliphatic imine (C=N–C) groups is 1. The fraction of sp³-hybridized carbons (Fsp3) is 0.857. The molecule has 0 aromatic heterocycles. The summed E-state index contributed by atoms with van der Waals surface area (Å²) in [7, 11) is 0. The van der Waals surface area contributed by atoms with Crippen LogP contribution in [0.4, 0.5) is 4.79 Å². The number of imide groups is 1. The number of nitrogens with zero attached hydrogens (tertiary/aromatic N) is 3.